The number of nitrogens with one attached hydrogen (secondary N) is 1. The maximum Gasteiger partial charge on any atom is 0.207 e. The van der Waals surface area contributed by atoms with Crippen LogP contribution in [0.3, 0.4) is 0 Å². The molecule has 0 radical (unpaired) electrons. The highest BCUT2D eigenvalue weighted by atomic mass is 16.1. The van der Waals surface area contributed by atoms with Gasteiger partial charge in [0.05, 0.1) is 18.2 Å². The van der Waals surface area contributed by atoms with Crippen molar-refractivity contribution in [3.8, 4) is 6.07 Å². The highest BCUT2D eigenvalue weighted by Crippen LogP contribution is 1.90. The fraction of sp³-hybridized carbons (Fsp3) is 0.429. The normalized spacial score (nSPS) is 10.1. The van der Waals surface area contributed by atoms with Crippen LogP contribution < -0.4 is 5.32 Å². The lowest BCUT2D eigenvalue weighted by Gasteiger charge is -2.05. The fourth-order valence-electron chi connectivity index (χ4n) is 0.577. The molecular weight excluding hydrogens is 142 g/mol. The van der Waals surface area contributed by atoms with Gasteiger partial charge in [0.2, 0.25) is 6.41 Å². The molecule has 0 saturated carbocycles. The fourth-order valence-corrected chi connectivity index (χ4v) is 0.577. The van der Waals surface area contributed by atoms with E-state index in [1.165, 1.54) is 0 Å². The molecule has 0 saturated heterocycles. The Morgan fingerprint density at radius 3 is 2.73 bits per heavy atom. The molecule has 0 unspecified atom stereocenters. The Kier molecular flexibility index (Phi) is 4.58. The zero-order chi connectivity index (χ0) is 8.69. The van der Waals surface area contributed by atoms with Crippen molar-refractivity contribution in [1.29, 1.82) is 5.26 Å². The third-order valence-electron chi connectivity index (χ3n) is 0.933. The molecule has 0 spiro atoms. The Bertz CT molecular complexity index is 190. The quantitative estimate of drug-likeness (QED) is 0.445. The van der Waals surface area contributed by atoms with Gasteiger partial charge < -0.3 is 10.2 Å². The van der Waals surface area contributed by atoms with Gasteiger partial charge in [-0.2, -0.15) is 5.26 Å². The van der Waals surface area contributed by atoms with Crippen molar-refractivity contribution >= 4 is 6.41 Å². The van der Waals surface area contributed by atoms with Gasteiger partial charge >= 0.3 is 0 Å². The summed E-state index contributed by atoms with van der Waals surface area (Å²) in [7, 11) is 3.64. The molecule has 0 atom stereocenters. The van der Waals surface area contributed by atoms with E-state index in [9.17, 15) is 4.79 Å². The molecule has 0 aliphatic carbocycles. The van der Waals surface area contributed by atoms with Crippen LogP contribution >= 0.6 is 0 Å². The van der Waals surface area contributed by atoms with E-state index in [1.54, 1.807) is 11.1 Å². The second kappa shape index (κ2) is 5.30. The summed E-state index contributed by atoms with van der Waals surface area (Å²) in [4.78, 5) is 11.6. The van der Waals surface area contributed by atoms with E-state index in [0.717, 1.165) is 0 Å². The van der Waals surface area contributed by atoms with Crippen LogP contribution in [-0.4, -0.2) is 32.0 Å². The standard InChI is InChI=1S/C7H11N3O/c1-10(2)5-7(3-8)4-9-6-11/h5-6H,4H2,1-2H3,(H,9,11). The van der Waals surface area contributed by atoms with Gasteiger partial charge in [-0.3, -0.25) is 4.79 Å². The number of rotatable bonds is 4. The van der Waals surface area contributed by atoms with Crippen LogP contribution in [0.4, 0.5) is 0 Å². The van der Waals surface area contributed by atoms with Gasteiger partial charge in [-0.25, -0.2) is 0 Å². The molecule has 1 amide bonds. The Balaban J connectivity index is 3.97. The number of hydrogen-bond donors (Lipinski definition) is 1. The molecule has 0 heterocycles. The van der Waals surface area contributed by atoms with Crippen molar-refractivity contribution < 1.29 is 4.79 Å². The lowest BCUT2D eigenvalue weighted by Crippen LogP contribution is -2.15. The summed E-state index contributed by atoms with van der Waals surface area (Å²) in [6.07, 6.45) is 2.23. The van der Waals surface area contributed by atoms with Gasteiger partial charge in [-0.05, 0) is 0 Å². The summed E-state index contributed by atoms with van der Waals surface area (Å²) >= 11 is 0. The van der Waals surface area contributed by atoms with E-state index >= 15 is 0 Å². The minimum absolute atomic E-state index is 0.290. The number of hydrogen-bond acceptors (Lipinski definition) is 3. The molecule has 4 nitrogen and oxygen atoms in total. The predicted octanol–water partition coefficient (Wildman–Crippen LogP) is -0.299. The van der Waals surface area contributed by atoms with Crippen LogP contribution in [0.1, 0.15) is 0 Å². The molecule has 60 valence electrons. The Morgan fingerprint density at radius 2 is 2.36 bits per heavy atom. The molecule has 0 aliphatic heterocycles. The van der Waals surface area contributed by atoms with E-state index in [1.807, 2.05) is 20.2 Å². The topological polar surface area (TPSA) is 56.1 Å². The summed E-state index contributed by atoms with van der Waals surface area (Å²) < 4.78 is 0. The van der Waals surface area contributed by atoms with Crippen LogP contribution in [-0.2, 0) is 4.79 Å². The molecule has 0 aromatic rings. The molecule has 0 aliphatic rings. The van der Waals surface area contributed by atoms with E-state index in [0.29, 0.717) is 12.0 Å². The molecule has 0 fully saturated rings. The van der Waals surface area contributed by atoms with Crippen LogP contribution in [0.2, 0.25) is 0 Å². The lowest BCUT2D eigenvalue weighted by atomic mass is 10.3. The molecule has 11 heavy (non-hydrogen) atoms. The van der Waals surface area contributed by atoms with Gasteiger partial charge in [0.25, 0.3) is 0 Å². The zero-order valence-electron chi connectivity index (χ0n) is 6.66. The number of amides is 1. The van der Waals surface area contributed by atoms with Crippen molar-refractivity contribution in [2.75, 3.05) is 20.6 Å². The van der Waals surface area contributed by atoms with Gasteiger partial charge in [-0.1, -0.05) is 0 Å². The van der Waals surface area contributed by atoms with Crippen LogP contribution in [0.25, 0.3) is 0 Å². The summed E-state index contributed by atoms with van der Waals surface area (Å²) in [6.45, 7) is 0.290. The van der Waals surface area contributed by atoms with Gasteiger partial charge in [-0.15, -0.1) is 0 Å². The number of nitriles is 1. The minimum Gasteiger partial charge on any atom is -0.383 e. The smallest absolute Gasteiger partial charge is 0.207 e. The maximum absolute atomic E-state index is 9.85. The molecular formula is C7H11N3O. The second-order valence-corrected chi connectivity index (χ2v) is 2.23. The lowest BCUT2D eigenvalue weighted by molar-refractivity contribution is -0.109. The summed E-state index contributed by atoms with van der Waals surface area (Å²) in [5.74, 6) is 0. The molecule has 4 heteroatoms. The average molecular weight is 153 g/mol. The first kappa shape index (κ1) is 9.50. The molecule has 0 aromatic carbocycles. The highest BCUT2D eigenvalue weighted by molar-refractivity contribution is 5.47. The molecule has 0 rings (SSSR count). The first-order valence-electron chi connectivity index (χ1n) is 3.15. The van der Waals surface area contributed by atoms with Crippen molar-refractivity contribution in [1.82, 2.24) is 10.2 Å². The Hall–Kier alpha value is -1.50. The maximum atomic E-state index is 9.85. The van der Waals surface area contributed by atoms with E-state index in [-0.39, 0.29) is 6.54 Å². The Morgan fingerprint density at radius 1 is 1.73 bits per heavy atom. The van der Waals surface area contributed by atoms with Crippen LogP contribution in [0, 0.1) is 11.3 Å². The summed E-state index contributed by atoms with van der Waals surface area (Å²) in [6, 6.07) is 1.97. The zero-order valence-corrected chi connectivity index (χ0v) is 6.66. The molecule has 1 N–H and O–H groups in total. The van der Waals surface area contributed by atoms with Crippen LogP contribution in [0.15, 0.2) is 11.8 Å². The van der Waals surface area contributed by atoms with Gasteiger partial charge in [0.1, 0.15) is 0 Å². The van der Waals surface area contributed by atoms with E-state index in [2.05, 4.69) is 5.32 Å². The molecule has 0 aromatic heterocycles. The largest absolute Gasteiger partial charge is 0.383 e. The SMILES string of the molecule is CN(C)C=C(C#N)CNC=O. The van der Waals surface area contributed by atoms with Gasteiger partial charge in [0, 0.05) is 20.3 Å². The third-order valence-corrected chi connectivity index (χ3v) is 0.933. The van der Waals surface area contributed by atoms with Crippen molar-refractivity contribution in [3.63, 3.8) is 0 Å². The average Bonchev–Trinajstić information content (AvgIpc) is 1.97. The number of carbonyl (C=O) groups excluding carboxylic acids is 1. The van der Waals surface area contributed by atoms with E-state index < -0.39 is 0 Å². The minimum atomic E-state index is 0.290. The number of nitrogens with zero attached hydrogens (tertiary/aromatic N) is 2. The van der Waals surface area contributed by atoms with Crippen molar-refractivity contribution in [3.05, 3.63) is 11.8 Å². The number of carbonyl (C=O) groups is 1. The molecule has 0 bridgehead atoms. The third kappa shape index (κ3) is 4.97. The highest BCUT2D eigenvalue weighted by Gasteiger charge is 1.93. The second-order valence-electron chi connectivity index (χ2n) is 2.23. The van der Waals surface area contributed by atoms with E-state index in [4.69, 9.17) is 5.26 Å². The first-order chi connectivity index (χ1) is 5.20. The Labute approximate surface area is 66.1 Å². The van der Waals surface area contributed by atoms with Gasteiger partial charge in [0.15, 0.2) is 0 Å². The van der Waals surface area contributed by atoms with Crippen molar-refractivity contribution in [2.45, 2.75) is 0 Å². The monoisotopic (exact) mass is 153 g/mol. The van der Waals surface area contributed by atoms with Crippen molar-refractivity contribution in [2.24, 2.45) is 0 Å². The van der Waals surface area contributed by atoms with Crippen LogP contribution in [0.5, 0.6) is 0 Å². The summed E-state index contributed by atoms with van der Waals surface area (Å²) in [5, 5.41) is 10.9. The first-order valence-corrected chi connectivity index (χ1v) is 3.15. The predicted molar refractivity (Wildman–Crippen MR) is 41.4 cm³/mol. The summed E-state index contributed by atoms with van der Waals surface area (Å²) in [5.41, 5.74) is 0.530.